The third-order valence-corrected chi connectivity index (χ3v) is 3.03. The van der Waals surface area contributed by atoms with E-state index in [0.29, 0.717) is 17.4 Å². The molecule has 0 radical (unpaired) electrons. The zero-order valence-corrected chi connectivity index (χ0v) is 12.1. The van der Waals surface area contributed by atoms with Crippen LogP contribution < -0.4 is 5.32 Å². The standard InChI is InChI=1S/C13H19N5O2/c1-8(2)5-10(12-14-6-16-18(12)4)17-13(19)11-9(3)20-7-15-11/h6-8,10H,5H2,1-4H3,(H,17,19)/t10-/m1/s1. The van der Waals surface area contributed by atoms with Crippen molar-refractivity contribution in [1.82, 2.24) is 25.1 Å². The van der Waals surface area contributed by atoms with Crippen LogP contribution in [0.15, 0.2) is 17.1 Å². The van der Waals surface area contributed by atoms with Gasteiger partial charge in [-0.05, 0) is 19.3 Å². The predicted molar refractivity (Wildman–Crippen MR) is 71.9 cm³/mol. The minimum atomic E-state index is -0.259. The van der Waals surface area contributed by atoms with Crippen LogP contribution in [0.25, 0.3) is 0 Å². The van der Waals surface area contributed by atoms with Crippen LogP contribution >= 0.6 is 0 Å². The average molecular weight is 277 g/mol. The van der Waals surface area contributed by atoms with Crippen molar-refractivity contribution in [3.63, 3.8) is 0 Å². The van der Waals surface area contributed by atoms with Gasteiger partial charge >= 0.3 is 0 Å². The second-order valence-corrected chi connectivity index (χ2v) is 5.15. The third-order valence-electron chi connectivity index (χ3n) is 3.03. The Kier molecular flexibility index (Phi) is 4.16. The Hall–Kier alpha value is -2.18. The van der Waals surface area contributed by atoms with Crippen LogP contribution in [-0.4, -0.2) is 25.7 Å². The molecule has 2 aromatic rings. The molecule has 7 heteroatoms. The van der Waals surface area contributed by atoms with E-state index in [0.717, 1.165) is 12.2 Å². The number of nitrogens with zero attached hydrogens (tertiary/aromatic N) is 4. The molecular formula is C13H19N5O2. The fourth-order valence-electron chi connectivity index (χ4n) is 2.07. The summed E-state index contributed by atoms with van der Waals surface area (Å²) in [5.41, 5.74) is 0.306. The Labute approximate surface area is 117 Å². The zero-order chi connectivity index (χ0) is 14.7. The lowest BCUT2D eigenvalue weighted by atomic mass is 10.0. The van der Waals surface area contributed by atoms with Gasteiger partial charge in [-0.3, -0.25) is 9.48 Å². The summed E-state index contributed by atoms with van der Waals surface area (Å²) < 4.78 is 6.73. The number of rotatable bonds is 5. The van der Waals surface area contributed by atoms with Crippen molar-refractivity contribution in [2.45, 2.75) is 33.2 Å². The molecule has 0 aliphatic heterocycles. The van der Waals surface area contributed by atoms with Gasteiger partial charge in [0.2, 0.25) is 0 Å². The topological polar surface area (TPSA) is 85.8 Å². The summed E-state index contributed by atoms with van der Waals surface area (Å²) in [5.74, 6) is 1.39. The number of carbonyl (C=O) groups excluding carboxylic acids is 1. The van der Waals surface area contributed by atoms with Crippen molar-refractivity contribution >= 4 is 5.91 Å². The van der Waals surface area contributed by atoms with Gasteiger partial charge in [0, 0.05) is 7.05 Å². The van der Waals surface area contributed by atoms with Crippen LogP contribution in [0.1, 0.15) is 48.4 Å². The largest absolute Gasteiger partial charge is 0.448 e. The summed E-state index contributed by atoms with van der Waals surface area (Å²) in [6.07, 6.45) is 3.52. The van der Waals surface area contributed by atoms with Crippen LogP contribution in [0, 0.1) is 12.8 Å². The lowest BCUT2D eigenvalue weighted by Crippen LogP contribution is -2.32. The second kappa shape index (κ2) is 5.85. The molecule has 108 valence electrons. The van der Waals surface area contributed by atoms with E-state index >= 15 is 0 Å². The fraction of sp³-hybridized carbons (Fsp3) is 0.538. The maximum absolute atomic E-state index is 12.2. The highest BCUT2D eigenvalue weighted by Gasteiger charge is 2.23. The number of hydrogen-bond acceptors (Lipinski definition) is 5. The van der Waals surface area contributed by atoms with Gasteiger partial charge in [-0.1, -0.05) is 13.8 Å². The van der Waals surface area contributed by atoms with Gasteiger partial charge in [0.1, 0.15) is 17.9 Å². The Morgan fingerprint density at radius 3 is 2.70 bits per heavy atom. The first-order chi connectivity index (χ1) is 9.49. The number of hydrogen-bond donors (Lipinski definition) is 1. The minimum absolute atomic E-state index is 0.203. The normalized spacial score (nSPS) is 12.7. The number of carbonyl (C=O) groups is 1. The van der Waals surface area contributed by atoms with Crippen LogP contribution in [-0.2, 0) is 7.05 Å². The van der Waals surface area contributed by atoms with Crippen LogP contribution in [0.3, 0.4) is 0 Å². The Bertz CT molecular complexity index is 587. The summed E-state index contributed by atoms with van der Waals surface area (Å²) in [5, 5.41) is 7.00. The quantitative estimate of drug-likeness (QED) is 0.897. The highest BCUT2D eigenvalue weighted by atomic mass is 16.3. The first-order valence-electron chi connectivity index (χ1n) is 6.54. The molecule has 0 saturated heterocycles. The molecule has 0 aromatic carbocycles. The molecule has 0 bridgehead atoms. The SMILES string of the molecule is Cc1ocnc1C(=O)N[C@H](CC(C)C)c1ncnn1C. The summed E-state index contributed by atoms with van der Waals surface area (Å²) >= 11 is 0. The van der Waals surface area contributed by atoms with Gasteiger partial charge in [0.05, 0.1) is 6.04 Å². The first-order valence-corrected chi connectivity index (χ1v) is 6.54. The maximum Gasteiger partial charge on any atom is 0.274 e. The van der Waals surface area contributed by atoms with Crippen molar-refractivity contribution in [1.29, 1.82) is 0 Å². The Morgan fingerprint density at radius 1 is 1.45 bits per heavy atom. The Morgan fingerprint density at radius 2 is 2.20 bits per heavy atom. The van der Waals surface area contributed by atoms with E-state index in [1.54, 1.807) is 11.6 Å². The lowest BCUT2D eigenvalue weighted by molar-refractivity contribution is 0.0923. The maximum atomic E-state index is 12.2. The van der Waals surface area contributed by atoms with E-state index in [2.05, 4.69) is 34.2 Å². The number of amides is 1. The van der Waals surface area contributed by atoms with E-state index in [-0.39, 0.29) is 11.9 Å². The van der Waals surface area contributed by atoms with E-state index in [1.807, 2.05) is 7.05 Å². The number of aromatic nitrogens is 4. The molecular weight excluding hydrogens is 258 g/mol. The molecule has 2 aromatic heterocycles. The highest BCUT2D eigenvalue weighted by molar-refractivity contribution is 5.93. The van der Waals surface area contributed by atoms with Crippen molar-refractivity contribution in [2.24, 2.45) is 13.0 Å². The molecule has 0 aliphatic carbocycles. The predicted octanol–water partition coefficient (Wildman–Crippen LogP) is 1.63. The first kappa shape index (κ1) is 14.2. The molecule has 2 heterocycles. The highest BCUT2D eigenvalue weighted by Crippen LogP contribution is 2.19. The van der Waals surface area contributed by atoms with Gasteiger partial charge in [-0.2, -0.15) is 5.10 Å². The van der Waals surface area contributed by atoms with Gasteiger partial charge in [-0.25, -0.2) is 9.97 Å². The van der Waals surface area contributed by atoms with Crippen molar-refractivity contribution in [3.05, 3.63) is 30.0 Å². The second-order valence-electron chi connectivity index (χ2n) is 5.15. The molecule has 20 heavy (non-hydrogen) atoms. The average Bonchev–Trinajstić information content (AvgIpc) is 2.96. The van der Waals surface area contributed by atoms with Gasteiger partial charge < -0.3 is 9.73 Å². The van der Waals surface area contributed by atoms with E-state index in [1.165, 1.54) is 12.7 Å². The summed E-state index contributed by atoms with van der Waals surface area (Å²) in [7, 11) is 1.81. The monoisotopic (exact) mass is 277 g/mol. The molecule has 1 N–H and O–H groups in total. The molecule has 0 saturated carbocycles. The molecule has 0 spiro atoms. The van der Waals surface area contributed by atoms with E-state index in [9.17, 15) is 4.79 Å². The van der Waals surface area contributed by atoms with E-state index in [4.69, 9.17) is 4.42 Å². The van der Waals surface area contributed by atoms with Gasteiger partial charge in [0.15, 0.2) is 12.1 Å². The summed E-state index contributed by atoms with van der Waals surface area (Å²) in [6, 6.07) is -0.203. The Balaban J connectivity index is 2.19. The lowest BCUT2D eigenvalue weighted by Gasteiger charge is -2.19. The molecule has 1 amide bonds. The summed E-state index contributed by atoms with van der Waals surface area (Å²) in [6.45, 7) is 5.90. The smallest absolute Gasteiger partial charge is 0.274 e. The number of oxazole rings is 1. The number of aryl methyl sites for hydroxylation is 2. The van der Waals surface area contributed by atoms with Crippen LogP contribution in [0.2, 0.25) is 0 Å². The summed E-state index contributed by atoms with van der Waals surface area (Å²) in [4.78, 5) is 20.4. The van der Waals surface area contributed by atoms with Gasteiger partial charge in [-0.15, -0.1) is 0 Å². The molecule has 0 aliphatic rings. The van der Waals surface area contributed by atoms with Gasteiger partial charge in [0.25, 0.3) is 5.91 Å². The number of nitrogens with one attached hydrogen (secondary N) is 1. The van der Waals surface area contributed by atoms with E-state index < -0.39 is 0 Å². The molecule has 7 nitrogen and oxygen atoms in total. The van der Waals surface area contributed by atoms with Crippen molar-refractivity contribution in [3.8, 4) is 0 Å². The van der Waals surface area contributed by atoms with Crippen LogP contribution in [0.5, 0.6) is 0 Å². The zero-order valence-electron chi connectivity index (χ0n) is 12.1. The molecule has 0 fully saturated rings. The van der Waals surface area contributed by atoms with Crippen molar-refractivity contribution < 1.29 is 9.21 Å². The molecule has 1 atom stereocenters. The molecule has 0 unspecified atom stereocenters. The fourth-order valence-corrected chi connectivity index (χ4v) is 2.07. The van der Waals surface area contributed by atoms with Crippen molar-refractivity contribution in [2.75, 3.05) is 0 Å². The third kappa shape index (κ3) is 3.04. The molecule has 2 rings (SSSR count). The minimum Gasteiger partial charge on any atom is -0.448 e. The van der Waals surface area contributed by atoms with Crippen LogP contribution in [0.4, 0.5) is 0 Å².